The number of furan rings is 1. The molecule has 0 saturated heterocycles. The van der Waals surface area contributed by atoms with Gasteiger partial charge in [0.2, 0.25) is 0 Å². The molecule has 2 heterocycles. The predicted molar refractivity (Wildman–Crippen MR) is 167 cm³/mol. The molecule has 39 heavy (non-hydrogen) atoms. The van der Waals surface area contributed by atoms with E-state index in [1.165, 1.54) is 42.1 Å². The Bertz CT molecular complexity index is 2070. The van der Waals surface area contributed by atoms with Crippen molar-refractivity contribution in [1.29, 1.82) is 0 Å². The van der Waals surface area contributed by atoms with Gasteiger partial charge in [0.05, 0.1) is 0 Å². The van der Waals surface area contributed by atoms with Gasteiger partial charge in [-0.25, -0.2) is 0 Å². The quantitative estimate of drug-likeness (QED) is 0.231. The molecule has 0 aliphatic rings. The first kappa shape index (κ1) is 22.2. The van der Waals surface area contributed by atoms with Crippen LogP contribution in [0.5, 0.6) is 0 Å². The Kier molecular flexibility index (Phi) is 5.04. The Balaban J connectivity index is 1.22. The molecule has 0 unspecified atom stereocenters. The molecular weight excluding hydrogens is 494 g/mol. The largest absolute Gasteiger partial charge is 0.456 e. The molecule has 0 N–H and O–H groups in total. The molecule has 0 fully saturated rings. The van der Waals surface area contributed by atoms with Crippen LogP contribution in [0.1, 0.15) is 0 Å². The predicted octanol–water partition coefficient (Wildman–Crippen LogP) is 11.1. The van der Waals surface area contributed by atoms with E-state index in [0.717, 1.165) is 28.2 Å². The fraction of sp³-hybridized carbons (Fsp3) is 0. The van der Waals surface area contributed by atoms with Crippen LogP contribution >= 0.6 is 11.3 Å². The summed E-state index contributed by atoms with van der Waals surface area (Å²) in [5, 5.41) is 4.97. The summed E-state index contributed by atoms with van der Waals surface area (Å²) in [7, 11) is 0. The van der Waals surface area contributed by atoms with Crippen LogP contribution in [-0.4, -0.2) is 0 Å². The zero-order valence-electron chi connectivity index (χ0n) is 21.0. The van der Waals surface area contributed by atoms with Crippen molar-refractivity contribution in [3.63, 3.8) is 0 Å². The third kappa shape index (κ3) is 3.63. The molecule has 8 rings (SSSR count). The Morgan fingerprint density at radius 1 is 0.436 bits per heavy atom. The van der Waals surface area contributed by atoms with Crippen LogP contribution in [-0.2, 0) is 0 Å². The van der Waals surface area contributed by atoms with E-state index < -0.39 is 0 Å². The molecule has 0 bridgehead atoms. The second-order valence-electron chi connectivity index (χ2n) is 9.78. The Hall–Kier alpha value is -4.86. The van der Waals surface area contributed by atoms with Gasteiger partial charge >= 0.3 is 0 Å². The molecule has 0 spiro atoms. The summed E-state index contributed by atoms with van der Waals surface area (Å²) in [6.45, 7) is 0. The van der Waals surface area contributed by atoms with Gasteiger partial charge in [0, 0.05) is 48.0 Å². The molecule has 0 saturated carbocycles. The average Bonchev–Trinajstić information content (AvgIpc) is 3.56. The summed E-state index contributed by atoms with van der Waals surface area (Å²) in [5.41, 5.74) is 7.73. The van der Waals surface area contributed by atoms with Crippen molar-refractivity contribution in [3.05, 3.63) is 140 Å². The number of hydrogen-bond acceptors (Lipinski definition) is 3. The van der Waals surface area contributed by atoms with Crippen molar-refractivity contribution < 1.29 is 4.42 Å². The maximum atomic E-state index is 6.17. The molecular formula is C36H23NOS. The van der Waals surface area contributed by atoms with Gasteiger partial charge in [-0.3, -0.25) is 0 Å². The number of anilines is 3. The second kappa shape index (κ2) is 8.87. The van der Waals surface area contributed by atoms with Crippen molar-refractivity contribution in [1.82, 2.24) is 0 Å². The summed E-state index contributed by atoms with van der Waals surface area (Å²) in [6, 6.07) is 49.4. The van der Waals surface area contributed by atoms with Gasteiger partial charge in [-0.15, -0.1) is 11.3 Å². The monoisotopic (exact) mass is 517 g/mol. The van der Waals surface area contributed by atoms with Crippen LogP contribution < -0.4 is 4.90 Å². The van der Waals surface area contributed by atoms with Gasteiger partial charge in [0.1, 0.15) is 11.2 Å². The lowest BCUT2D eigenvalue weighted by Crippen LogP contribution is -2.09. The Morgan fingerprint density at radius 2 is 1.08 bits per heavy atom. The van der Waals surface area contributed by atoms with Gasteiger partial charge in [0.25, 0.3) is 0 Å². The smallest absolute Gasteiger partial charge is 0.136 e. The minimum absolute atomic E-state index is 0.941. The molecule has 184 valence electrons. The standard InChI is InChI=1S/C36H23NOS/c1-3-9-26(10-4-1)37(27-11-5-2-6-12-27)28-18-15-24(16-19-28)25-17-20-30-34(23-25)39-33-22-21-32-35(36(30)33)29-13-7-8-14-31(29)38-32/h1-23H. The first-order valence-corrected chi connectivity index (χ1v) is 13.9. The summed E-state index contributed by atoms with van der Waals surface area (Å²) in [4.78, 5) is 2.29. The van der Waals surface area contributed by atoms with Crippen LogP contribution in [0.2, 0.25) is 0 Å². The number of benzene rings is 6. The average molecular weight is 518 g/mol. The normalized spacial score (nSPS) is 11.6. The molecule has 2 aromatic heterocycles. The van der Waals surface area contributed by atoms with E-state index in [1.54, 1.807) is 0 Å². The number of nitrogens with zero attached hydrogens (tertiary/aromatic N) is 1. The number of fused-ring (bicyclic) bond motifs is 7. The van der Waals surface area contributed by atoms with Crippen LogP contribution in [0.3, 0.4) is 0 Å². The first-order valence-electron chi connectivity index (χ1n) is 13.1. The molecule has 0 aliphatic heterocycles. The lowest BCUT2D eigenvalue weighted by molar-refractivity contribution is 0.669. The highest BCUT2D eigenvalue weighted by Gasteiger charge is 2.16. The van der Waals surface area contributed by atoms with E-state index >= 15 is 0 Å². The van der Waals surface area contributed by atoms with Crippen molar-refractivity contribution in [2.45, 2.75) is 0 Å². The number of para-hydroxylation sites is 3. The van der Waals surface area contributed by atoms with Crippen LogP contribution in [0.15, 0.2) is 144 Å². The van der Waals surface area contributed by atoms with Crippen LogP contribution in [0.25, 0.3) is 53.2 Å². The third-order valence-electron chi connectivity index (χ3n) is 7.46. The highest BCUT2D eigenvalue weighted by molar-refractivity contribution is 7.26. The van der Waals surface area contributed by atoms with Gasteiger partial charge in [-0.05, 0) is 71.8 Å². The van der Waals surface area contributed by atoms with E-state index in [1.807, 2.05) is 23.5 Å². The third-order valence-corrected chi connectivity index (χ3v) is 8.58. The van der Waals surface area contributed by atoms with E-state index in [0.29, 0.717) is 0 Å². The summed E-state index contributed by atoms with van der Waals surface area (Å²) in [6.07, 6.45) is 0. The SMILES string of the molecule is c1ccc(N(c2ccccc2)c2ccc(-c3ccc4c(c3)sc3ccc5oc6ccccc6c5c34)cc2)cc1. The lowest BCUT2D eigenvalue weighted by atomic mass is 10.0. The fourth-order valence-electron chi connectivity index (χ4n) is 5.67. The van der Waals surface area contributed by atoms with E-state index in [4.69, 9.17) is 4.42 Å². The van der Waals surface area contributed by atoms with E-state index in [2.05, 4.69) is 132 Å². The number of rotatable bonds is 4. The zero-order valence-corrected chi connectivity index (χ0v) is 21.9. The van der Waals surface area contributed by atoms with Crippen molar-refractivity contribution in [2.24, 2.45) is 0 Å². The number of thiophene rings is 1. The number of hydrogen-bond donors (Lipinski definition) is 0. The van der Waals surface area contributed by atoms with Gasteiger partial charge < -0.3 is 9.32 Å². The summed E-state index contributed by atoms with van der Waals surface area (Å²) in [5.74, 6) is 0. The van der Waals surface area contributed by atoms with Crippen molar-refractivity contribution in [3.8, 4) is 11.1 Å². The molecule has 0 aliphatic carbocycles. The molecule has 8 aromatic rings. The topological polar surface area (TPSA) is 16.4 Å². The van der Waals surface area contributed by atoms with E-state index in [-0.39, 0.29) is 0 Å². The highest BCUT2D eigenvalue weighted by atomic mass is 32.1. The van der Waals surface area contributed by atoms with Crippen LogP contribution in [0.4, 0.5) is 17.1 Å². The minimum Gasteiger partial charge on any atom is -0.456 e. The van der Waals surface area contributed by atoms with Crippen molar-refractivity contribution >= 4 is 70.5 Å². The van der Waals surface area contributed by atoms with Gasteiger partial charge in [0.15, 0.2) is 0 Å². The first-order chi connectivity index (χ1) is 19.3. The minimum atomic E-state index is 0.941. The van der Waals surface area contributed by atoms with Crippen LogP contribution in [0, 0.1) is 0 Å². The molecule has 0 amide bonds. The Labute approximate surface area is 230 Å². The maximum Gasteiger partial charge on any atom is 0.136 e. The Morgan fingerprint density at radius 3 is 1.82 bits per heavy atom. The molecule has 0 radical (unpaired) electrons. The van der Waals surface area contributed by atoms with E-state index in [9.17, 15) is 0 Å². The highest BCUT2D eigenvalue weighted by Crippen LogP contribution is 2.43. The summed E-state index contributed by atoms with van der Waals surface area (Å²) < 4.78 is 8.75. The molecule has 0 atom stereocenters. The molecule has 3 heteroatoms. The second-order valence-corrected chi connectivity index (χ2v) is 10.9. The summed E-state index contributed by atoms with van der Waals surface area (Å²) >= 11 is 1.85. The maximum absolute atomic E-state index is 6.17. The lowest BCUT2D eigenvalue weighted by Gasteiger charge is -2.25. The zero-order chi connectivity index (χ0) is 25.8. The fourth-order valence-corrected chi connectivity index (χ4v) is 6.82. The van der Waals surface area contributed by atoms with Gasteiger partial charge in [-0.1, -0.05) is 78.9 Å². The van der Waals surface area contributed by atoms with Crippen molar-refractivity contribution in [2.75, 3.05) is 4.90 Å². The molecule has 6 aromatic carbocycles. The molecule has 2 nitrogen and oxygen atoms in total. The van der Waals surface area contributed by atoms with Gasteiger partial charge in [-0.2, -0.15) is 0 Å².